The highest BCUT2D eigenvalue weighted by Crippen LogP contribution is 2.23. The van der Waals surface area contributed by atoms with Crippen molar-refractivity contribution >= 4 is 23.3 Å². The number of thiocarbonyl (C=S) groups is 1. The zero-order valence-electron chi connectivity index (χ0n) is 16.6. The molecule has 0 aliphatic rings. The van der Waals surface area contributed by atoms with E-state index in [0.29, 0.717) is 24.6 Å². The number of nitrogens with one attached hydrogen (secondary N) is 2. The maximum absolute atomic E-state index is 11.2. The molecule has 2 atom stereocenters. The van der Waals surface area contributed by atoms with Gasteiger partial charge in [0.2, 0.25) is 0 Å². The molecule has 0 aliphatic heterocycles. The molecule has 0 heterocycles. The first-order valence-electron chi connectivity index (χ1n) is 10.0. The van der Waals surface area contributed by atoms with E-state index >= 15 is 0 Å². The first kappa shape index (κ1) is 22.8. The quantitative estimate of drug-likeness (QED) is 0.397. The fourth-order valence-corrected chi connectivity index (χ4v) is 3.67. The van der Waals surface area contributed by atoms with Crippen molar-refractivity contribution in [2.45, 2.75) is 37.5 Å². The van der Waals surface area contributed by atoms with Gasteiger partial charge >= 0.3 is 5.97 Å². The topological polar surface area (TPSA) is 81.6 Å². The maximum atomic E-state index is 11.2. The lowest BCUT2D eigenvalue weighted by Crippen LogP contribution is -2.37. The number of aliphatic carboxylic acids is 1. The second-order valence-electron chi connectivity index (χ2n) is 7.09. The first-order chi connectivity index (χ1) is 14.1. The average Bonchev–Trinajstić information content (AvgIpc) is 2.73. The second-order valence-corrected chi connectivity index (χ2v) is 7.49. The number of carbonyl (C=O) groups is 1. The summed E-state index contributed by atoms with van der Waals surface area (Å²) in [6.07, 6.45) is 2.39. The van der Waals surface area contributed by atoms with Crippen LogP contribution < -0.4 is 10.6 Å². The monoisotopic (exact) mass is 414 g/mol. The van der Waals surface area contributed by atoms with Crippen molar-refractivity contribution in [2.24, 2.45) is 0 Å². The number of aliphatic hydroxyl groups is 1. The molecule has 6 heteroatoms. The average molecular weight is 415 g/mol. The lowest BCUT2D eigenvalue weighted by Gasteiger charge is -2.19. The number of hydrogen-bond acceptors (Lipinski definition) is 3. The predicted octanol–water partition coefficient (Wildman–Crippen LogP) is 3.66. The maximum Gasteiger partial charge on any atom is 0.303 e. The molecule has 0 aromatic heterocycles. The number of benzene rings is 2. The molecule has 0 saturated carbocycles. The molecule has 5 nitrogen and oxygen atoms in total. The summed E-state index contributed by atoms with van der Waals surface area (Å²) in [5.74, 6) is -0.555. The third-order valence-corrected chi connectivity index (χ3v) is 5.29. The van der Waals surface area contributed by atoms with Gasteiger partial charge in [-0.25, -0.2) is 0 Å². The van der Waals surface area contributed by atoms with Crippen molar-refractivity contribution in [3.8, 4) is 0 Å². The highest BCUT2D eigenvalue weighted by atomic mass is 32.1. The second kappa shape index (κ2) is 12.9. The van der Waals surface area contributed by atoms with Gasteiger partial charge in [-0.3, -0.25) is 4.79 Å². The Kier molecular flexibility index (Phi) is 10.2. The Morgan fingerprint density at radius 1 is 0.828 bits per heavy atom. The van der Waals surface area contributed by atoms with Crippen molar-refractivity contribution in [1.29, 1.82) is 0 Å². The minimum Gasteiger partial charge on any atom is -0.481 e. The van der Waals surface area contributed by atoms with Gasteiger partial charge in [-0.05, 0) is 54.4 Å². The molecule has 156 valence electrons. The molecule has 4 N–H and O–H groups in total. The largest absolute Gasteiger partial charge is 0.481 e. The minimum atomic E-state index is -0.796. The van der Waals surface area contributed by atoms with Crippen LogP contribution in [0.4, 0.5) is 0 Å². The van der Waals surface area contributed by atoms with Crippen molar-refractivity contribution < 1.29 is 15.0 Å². The van der Waals surface area contributed by atoms with Gasteiger partial charge in [-0.15, -0.1) is 0 Å². The van der Waals surface area contributed by atoms with E-state index in [1.165, 1.54) is 5.56 Å². The molecule has 0 fully saturated rings. The molecular weight excluding hydrogens is 384 g/mol. The van der Waals surface area contributed by atoms with Crippen molar-refractivity contribution in [3.05, 3.63) is 71.8 Å². The summed E-state index contributed by atoms with van der Waals surface area (Å²) in [6, 6.07) is 19.9. The SMILES string of the molecule is O=C(O)CC(CCNC(=S)NCCC(CCO)c1ccccc1)c1ccccc1. The first-order valence-corrected chi connectivity index (χ1v) is 10.4. The van der Waals surface area contributed by atoms with Crippen molar-refractivity contribution in [1.82, 2.24) is 10.6 Å². The van der Waals surface area contributed by atoms with Crippen LogP contribution in [0, 0.1) is 0 Å². The molecular formula is C23H30N2O3S. The third-order valence-electron chi connectivity index (χ3n) is 5.00. The van der Waals surface area contributed by atoms with E-state index < -0.39 is 5.97 Å². The van der Waals surface area contributed by atoms with Gasteiger partial charge in [-0.1, -0.05) is 60.7 Å². The molecule has 0 spiro atoms. The smallest absolute Gasteiger partial charge is 0.303 e. The Morgan fingerprint density at radius 2 is 1.31 bits per heavy atom. The van der Waals surface area contributed by atoms with Crippen LogP contribution in [0.3, 0.4) is 0 Å². The Hall–Kier alpha value is -2.44. The molecule has 0 bridgehead atoms. The lowest BCUT2D eigenvalue weighted by atomic mass is 9.92. The van der Waals surface area contributed by atoms with Gasteiger partial charge in [0, 0.05) is 19.7 Å². The number of carboxylic acid groups (broad SMARTS) is 1. The standard InChI is InChI=1S/C23H30N2O3S/c26-16-13-20(18-7-3-1-4-8-18)11-14-24-23(29)25-15-12-21(17-22(27)28)19-9-5-2-6-10-19/h1-10,20-21,26H,11-17H2,(H,27,28)(H2,24,25,29). The van der Waals surface area contributed by atoms with Gasteiger partial charge in [0.1, 0.15) is 0 Å². The van der Waals surface area contributed by atoms with Crippen LogP contribution in [0.15, 0.2) is 60.7 Å². The summed E-state index contributed by atoms with van der Waals surface area (Å²) in [5, 5.41) is 25.5. The minimum absolute atomic E-state index is 0.0454. The molecule has 0 amide bonds. The molecule has 2 unspecified atom stereocenters. The normalized spacial score (nSPS) is 12.7. The molecule has 0 radical (unpaired) electrons. The van der Waals surface area contributed by atoms with Crippen LogP contribution in [-0.4, -0.2) is 41.0 Å². The van der Waals surface area contributed by atoms with Crippen LogP contribution in [-0.2, 0) is 4.79 Å². The van der Waals surface area contributed by atoms with E-state index in [9.17, 15) is 15.0 Å². The van der Waals surface area contributed by atoms with E-state index in [4.69, 9.17) is 12.2 Å². The van der Waals surface area contributed by atoms with E-state index in [1.807, 2.05) is 48.5 Å². The Labute approximate surface area is 178 Å². The number of hydrogen-bond donors (Lipinski definition) is 4. The van der Waals surface area contributed by atoms with E-state index in [-0.39, 0.29) is 24.9 Å². The van der Waals surface area contributed by atoms with Crippen LogP contribution in [0.5, 0.6) is 0 Å². The number of carboxylic acids is 1. The fraction of sp³-hybridized carbons (Fsp3) is 0.391. The molecule has 2 aromatic carbocycles. The van der Waals surface area contributed by atoms with E-state index in [0.717, 1.165) is 18.4 Å². The van der Waals surface area contributed by atoms with Gasteiger partial charge in [0.15, 0.2) is 5.11 Å². The lowest BCUT2D eigenvalue weighted by molar-refractivity contribution is -0.137. The summed E-state index contributed by atoms with van der Waals surface area (Å²) in [4.78, 5) is 11.2. The van der Waals surface area contributed by atoms with Gasteiger partial charge in [0.05, 0.1) is 6.42 Å². The highest BCUT2D eigenvalue weighted by molar-refractivity contribution is 7.80. The predicted molar refractivity (Wildman–Crippen MR) is 120 cm³/mol. The van der Waals surface area contributed by atoms with Gasteiger partial charge in [-0.2, -0.15) is 0 Å². The fourth-order valence-electron chi connectivity index (χ4n) is 3.46. The van der Waals surface area contributed by atoms with Crippen LogP contribution in [0.1, 0.15) is 48.6 Å². The van der Waals surface area contributed by atoms with E-state index in [2.05, 4.69) is 22.8 Å². The summed E-state index contributed by atoms with van der Waals surface area (Å²) in [5.41, 5.74) is 2.26. The van der Waals surface area contributed by atoms with E-state index in [1.54, 1.807) is 0 Å². The van der Waals surface area contributed by atoms with Crippen LogP contribution >= 0.6 is 12.2 Å². The highest BCUT2D eigenvalue weighted by Gasteiger charge is 2.15. The zero-order chi connectivity index (χ0) is 20.9. The zero-order valence-corrected chi connectivity index (χ0v) is 17.4. The Balaban J connectivity index is 1.74. The molecule has 0 saturated heterocycles. The Bertz CT molecular complexity index is 740. The summed E-state index contributed by atoms with van der Waals surface area (Å²) < 4.78 is 0. The Morgan fingerprint density at radius 3 is 1.79 bits per heavy atom. The van der Waals surface area contributed by atoms with Crippen LogP contribution in [0.2, 0.25) is 0 Å². The summed E-state index contributed by atoms with van der Waals surface area (Å²) in [7, 11) is 0. The van der Waals surface area contributed by atoms with Gasteiger partial charge in [0.25, 0.3) is 0 Å². The molecule has 2 aromatic rings. The molecule has 29 heavy (non-hydrogen) atoms. The van der Waals surface area contributed by atoms with Crippen molar-refractivity contribution in [3.63, 3.8) is 0 Å². The number of aliphatic hydroxyl groups excluding tert-OH is 1. The number of rotatable bonds is 12. The third kappa shape index (κ3) is 8.62. The summed E-state index contributed by atoms with van der Waals surface area (Å²) >= 11 is 5.36. The van der Waals surface area contributed by atoms with Gasteiger partial charge < -0.3 is 20.8 Å². The molecule has 0 aliphatic carbocycles. The van der Waals surface area contributed by atoms with Crippen molar-refractivity contribution in [2.75, 3.05) is 19.7 Å². The molecule has 2 rings (SSSR count). The summed E-state index contributed by atoms with van der Waals surface area (Å²) in [6.45, 7) is 1.48. The van der Waals surface area contributed by atoms with Crippen LogP contribution in [0.25, 0.3) is 0 Å².